The van der Waals surface area contributed by atoms with E-state index in [2.05, 4.69) is 4.72 Å². The topological polar surface area (TPSA) is 66.4 Å². The molecule has 2 N–H and O–H groups in total. The largest absolute Gasteiger partial charge is 0.392 e. The van der Waals surface area contributed by atoms with Crippen LogP contribution >= 0.6 is 0 Å². The summed E-state index contributed by atoms with van der Waals surface area (Å²) in [7, 11) is -4.20. The fourth-order valence-corrected chi connectivity index (χ4v) is 3.37. The third-order valence-electron chi connectivity index (χ3n) is 3.47. The molecule has 0 aliphatic carbocycles. The van der Waals surface area contributed by atoms with Gasteiger partial charge in [0.05, 0.1) is 6.61 Å². The van der Waals surface area contributed by atoms with E-state index in [-0.39, 0.29) is 5.56 Å². The molecule has 0 heterocycles. The van der Waals surface area contributed by atoms with E-state index in [1.165, 1.54) is 0 Å². The number of aliphatic hydroxyl groups is 1. The van der Waals surface area contributed by atoms with E-state index < -0.39 is 38.7 Å². The Labute approximate surface area is 117 Å². The number of sulfonamides is 1. The number of halogens is 2. The lowest BCUT2D eigenvalue weighted by Gasteiger charge is -2.28. The molecule has 0 aliphatic rings. The highest BCUT2D eigenvalue weighted by molar-refractivity contribution is 7.89. The van der Waals surface area contributed by atoms with E-state index in [4.69, 9.17) is 5.11 Å². The first-order valence-corrected chi connectivity index (χ1v) is 7.80. The predicted octanol–water partition coefficient (Wildman–Crippen LogP) is 2.31. The molecular weight excluding hydrogens is 288 g/mol. The number of hydrogen-bond acceptors (Lipinski definition) is 3. The maximum absolute atomic E-state index is 13.7. The Bertz CT molecular complexity index is 584. The maximum Gasteiger partial charge on any atom is 0.244 e. The summed E-state index contributed by atoms with van der Waals surface area (Å²) in [5.41, 5.74) is -0.740. The smallest absolute Gasteiger partial charge is 0.244 e. The van der Waals surface area contributed by atoms with Gasteiger partial charge in [0.25, 0.3) is 0 Å². The zero-order chi connectivity index (χ0) is 15.6. The van der Waals surface area contributed by atoms with Crippen molar-refractivity contribution in [3.05, 3.63) is 29.3 Å². The minimum Gasteiger partial charge on any atom is -0.392 e. The molecule has 0 unspecified atom stereocenters. The van der Waals surface area contributed by atoms with Crippen molar-refractivity contribution in [1.82, 2.24) is 4.72 Å². The van der Waals surface area contributed by atoms with Gasteiger partial charge in [-0.25, -0.2) is 21.9 Å². The Kier molecular flexibility index (Phi) is 5.23. The zero-order valence-corrected chi connectivity index (χ0v) is 12.5. The SMILES string of the molecule is CCC(C)(CC)NS(=O)(=O)c1cc(CO)cc(F)c1F. The molecule has 0 amide bonds. The van der Waals surface area contributed by atoms with Crippen molar-refractivity contribution < 1.29 is 22.3 Å². The fourth-order valence-electron chi connectivity index (χ4n) is 1.68. The second-order valence-corrected chi connectivity index (χ2v) is 6.57. The van der Waals surface area contributed by atoms with Gasteiger partial charge in [-0.15, -0.1) is 0 Å². The molecule has 1 aromatic rings. The van der Waals surface area contributed by atoms with Gasteiger partial charge in [0.1, 0.15) is 4.90 Å². The molecule has 1 rings (SSSR count). The van der Waals surface area contributed by atoms with Gasteiger partial charge in [-0.3, -0.25) is 0 Å². The molecule has 0 aliphatic heterocycles. The van der Waals surface area contributed by atoms with Crippen LogP contribution in [0.25, 0.3) is 0 Å². The van der Waals surface area contributed by atoms with Crippen molar-refractivity contribution in [2.45, 2.75) is 50.7 Å². The summed E-state index contributed by atoms with van der Waals surface area (Å²) in [6.07, 6.45) is 1.01. The highest BCUT2D eigenvalue weighted by Gasteiger charge is 2.30. The van der Waals surface area contributed by atoms with Crippen LogP contribution in [0.15, 0.2) is 17.0 Å². The number of hydrogen-bond donors (Lipinski definition) is 2. The van der Waals surface area contributed by atoms with E-state index in [0.717, 1.165) is 12.1 Å². The van der Waals surface area contributed by atoms with Gasteiger partial charge in [-0.1, -0.05) is 13.8 Å². The molecule has 0 aromatic heterocycles. The Morgan fingerprint density at radius 2 is 1.80 bits per heavy atom. The minimum atomic E-state index is -4.20. The third kappa shape index (κ3) is 3.53. The first-order chi connectivity index (χ1) is 9.19. The summed E-state index contributed by atoms with van der Waals surface area (Å²) < 4.78 is 53.9. The summed E-state index contributed by atoms with van der Waals surface area (Å²) >= 11 is 0. The molecular formula is C13H19F2NO3S. The van der Waals surface area contributed by atoms with Crippen LogP contribution in [0.1, 0.15) is 39.2 Å². The molecule has 0 bridgehead atoms. The molecule has 0 radical (unpaired) electrons. The van der Waals surface area contributed by atoms with E-state index in [0.29, 0.717) is 12.8 Å². The molecule has 1 aromatic carbocycles. The van der Waals surface area contributed by atoms with Crippen LogP contribution in [0.5, 0.6) is 0 Å². The Morgan fingerprint density at radius 3 is 2.25 bits per heavy atom. The Morgan fingerprint density at radius 1 is 1.25 bits per heavy atom. The highest BCUT2D eigenvalue weighted by Crippen LogP contribution is 2.23. The van der Waals surface area contributed by atoms with Crippen molar-refractivity contribution in [3.63, 3.8) is 0 Å². The third-order valence-corrected chi connectivity index (χ3v) is 5.11. The normalized spacial score (nSPS) is 12.7. The van der Waals surface area contributed by atoms with E-state index in [1.807, 2.05) is 0 Å². The minimum absolute atomic E-state index is 0.000949. The quantitative estimate of drug-likeness (QED) is 0.847. The molecule has 0 saturated carbocycles. The second-order valence-electron chi connectivity index (χ2n) is 4.92. The molecule has 0 atom stereocenters. The van der Waals surface area contributed by atoms with Gasteiger partial charge in [0.2, 0.25) is 10.0 Å². The number of benzene rings is 1. The lowest BCUT2D eigenvalue weighted by molar-refractivity contribution is 0.280. The van der Waals surface area contributed by atoms with E-state index >= 15 is 0 Å². The molecule has 20 heavy (non-hydrogen) atoms. The van der Waals surface area contributed by atoms with Gasteiger partial charge in [-0.05, 0) is 37.5 Å². The van der Waals surface area contributed by atoms with Crippen molar-refractivity contribution in [1.29, 1.82) is 0 Å². The van der Waals surface area contributed by atoms with Crippen molar-refractivity contribution >= 4 is 10.0 Å². The van der Waals surface area contributed by atoms with Crippen LogP contribution in [0.4, 0.5) is 8.78 Å². The summed E-state index contributed by atoms with van der Waals surface area (Å²) in [6, 6.07) is 1.71. The van der Waals surface area contributed by atoms with Gasteiger partial charge < -0.3 is 5.11 Å². The molecule has 7 heteroatoms. The fraction of sp³-hybridized carbons (Fsp3) is 0.538. The predicted molar refractivity (Wildman–Crippen MR) is 71.6 cm³/mol. The first-order valence-electron chi connectivity index (χ1n) is 6.32. The van der Waals surface area contributed by atoms with Crippen LogP contribution in [-0.2, 0) is 16.6 Å². The van der Waals surface area contributed by atoms with Crippen LogP contribution in [0.3, 0.4) is 0 Å². The van der Waals surface area contributed by atoms with Gasteiger partial charge in [0.15, 0.2) is 11.6 Å². The highest BCUT2D eigenvalue weighted by atomic mass is 32.2. The summed E-state index contributed by atoms with van der Waals surface area (Å²) in [6.45, 7) is 4.72. The van der Waals surface area contributed by atoms with Crippen molar-refractivity contribution in [2.24, 2.45) is 0 Å². The van der Waals surface area contributed by atoms with Crippen LogP contribution in [0, 0.1) is 11.6 Å². The Hall–Kier alpha value is -1.05. The first kappa shape index (κ1) is 17.0. The second kappa shape index (κ2) is 6.15. The Balaban J connectivity index is 3.32. The van der Waals surface area contributed by atoms with Crippen LogP contribution in [-0.4, -0.2) is 19.1 Å². The van der Waals surface area contributed by atoms with E-state index in [1.54, 1.807) is 20.8 Å². The lowest BCUT2D eigenvalue weighted by Crippen LogP contribution is -2.45. The van der Waals surface area contributed by atoms with Crippen LogP contribution < -0.4 is 4.72 Å². The molecule has 0 fully saturated rings. The number of aliphatic hydroxyl groups excluding tert-OH is 1. The average Bonchev–Trinajstić information content (AvgIpc) is 2.40. The number of nitrogens with one attached hydrogen (secondary N) is 1. The van der Waals surface area contributed by atoms with E-state index in [9.17, 15) is 17.2 Å². The molecule has 114 valence electrons. The van der Waals surface area contributed by atoms with Crippen molar-refractivity contribution in [3.8, 4) is 0 Å². The monoisotopic (exact) mass is 307 g/mol. The van der Waals surface area contributed by atoms with Gasteiger partial charge in [-0.2, -0.15) is 0 Å². The average molecular weight is 307 g/mol. The van der Waals surface area contributed by atoms with Gasteiger partial charge >= 0.3 is 0 Å². The molecule has 0 saturated heterocycles. The van der Waals surface area contributed by atoms with Gasteiger partial charge in [0, 0.05) is 5.54 Å². The molecule has 4 nitrogen and oxygen atoms in total. The molecule has 0 spiro atoms. The maximum atomic E-state index is 13.7. The summed E-state index contributed by atoms with van der Waals surface area (Å²) in [4.78, 5) is -0.783. The standard InChI is InChI=1S/C13H19F2NO3S/c1-4-13(3,5-2)16-20(18,19)11-7-9(8-17)6-10(14)12(11)15/h6-7,16-17H,4-5,8H2,1-3H3. The summed E-state index contributed by atoms with van der Waals surface area (Å²) in [5.74, 6) is -2.74. The lowest BCUT2D eigenvalue weighted by atomic mass is 9.98. The number of rotatable bonds is 6. The van der Waals surface area contributed by atoms with Crippen LogP contribution in [0.2, 0.25) is 0 Å². The zero-order valence-electron chi connectivity index (χ0n) is 11.7. The van der Waals surface area contributed by atoms with Crippen molar-refractivity contribution in [2.75, 3.05) is 0 Å². The summed E-state index contributed by atoms with van der Waals surface area (Å²) in [5, 5.41) is 8.96.